The van der Waals surface area contributed by atoms with Gasteiger partial charge in [-0.2, -0.15) is 0 Å². The monoisotopic (exact) mass is 301 g/mol. The van der Waals surface area contributed by atoms with Crippen molar-refractivity contribution in [3.8, 4) is 0 Å². The normalized spacial score (nSPS) is 12.8. The van der Waals surface area contributed by atoms with Crippen molar-refractivity contribution in [3.63, 3.8) is 0 Å². The molecule has 0 aliphatic rings. The zero-order valence-corrected chi connectivity index (χ0v) is 12.4. The van der Waals surface area contributed by atoms with Crippen molar-refractivity contribution >= 4 is 27.7 Å². The van der Waals surface area contributed by atoms with Crippen LogP contribution in [0.3, 0.4) is 0 Å². The number of unbranched alkanes of at least 4 members (excludes halogenated alkanes) is 2. The quantitative estimate of drug-likeness (QED) is 0.606. The van der Waals surface area contributed by atoms with Gasteiger partial charge in [0.25, 0.3) is 0 Å². The van der Waals surface area contributed by atoms with Crippen molar-refractivity contribution in [1.82, 2.24) is 0 Å². The number of thioether (sulfide) groups is 1. The molecular formula is C13H20BrNS. The van der Waals surface area contributed by atoms with Gasteiger partial charge in [0, 0.05) is 15.4 Å². The minimum absolute atomic E-state index is 0.107. The summed E-state index contributed by atoms with van der Waals surface area (Å²) in [6.45, 7) is 4.24. The maximum atomic E-state index is 5.84. The van der Waals surface area contributed by atoms with Crippen LogP contribution in [-0.4, -0.2) is 5.75 Å². The fraction of sp³-hybridized carbons (Fsp3) is 0.538. The number of nitrogens with two attached hydrogens (primary N) is 1. The van der Waals surface area contributed by atoms with Gasteiger partial charge in [0.1, 0.15) is 0 Å². The molecule has 90 valence electrons. The van der Waals surface area contributed by atoms with Gasteiger partial charge in [-0.15, -0.1) is 11.8 Å². The van der Waals surface area contributed by atoms with Crippen molar-refractivity contribution in [3.05, 3.63) is 28.2 Å². The third kappa shape index (κ3) is 4.48. The first-order valence-electron chi connectivity index (χ1n) is 5.83. The Kier molecular flexibility index (Phi) is 6.47. The van der Waals surface area contributed by atoms with Crippen molar-refractivity contribution in [1.29, 1.82) is 0 Å². The zero-order chi connectivity index (χ0) is 12.0. The highest BCUT2D eigenvalue weighted by atomic mass is 79.9. The minimum Gasteiger partial charge on any atom is -0.324 e. The average molecular weight is 302 g/mol. The Morgan fingerprint density at radius 1 is 1.38 bits per heavy atom. The van der Waals surface area contributed by atoms with E-state index in [1.165, 1.54) is 39.9 Å². The molecule has 1 nitrogen and oxygen atoms in total. The Hall–Kier alpha value is 0.01000. The highest BCUT2D eigenvalue weighted by molar-refractivity contribution is 9.10. The lowest BCUT2D eigenvalue weighted by molar-refractivity contribution is 0.778. The van der Waals surface area contributed by atoms with Gasteiger partial charge in [-0.1, -0.05) is 25.8 Å². The summed E-state index contributed by atoms with van der Waals surface area (Å²) in [5.41, 5.74) is 7.03. The van der Waals surface area contributed by atoms with Crippen LogP contribution in [0.25, 0.3) is 0 Å². The van der Waals surface area contributed by atoms with Crippen LogP contribution in [0.15, 0.2) is 27.6 Å². The van der Waals surface area contributed by atoms with Crippen LogP contribution in [0.5, 0.6) is 0 Å². The van der Waals surface area contributed by atoms with Crippen molar-refractivity contribution in [2.45, 2.75) is 44.0 Å². The number of rotatable bonds is 6. The molecule has 0 saturated heterocycles. The molecule has 0 aliphatic heterocycles. The van der Waals surface area contributed by atoms with Gasteiger partial charge in [0.15, 0.2) is 0 Å². The molecule has 1 aromatic rings. The molecule has 0 radical (unpaired) electrons. The molecule has 0 fully saturated rings. The molecule has 0 bridgehead atoms. The fourth-order valence-electron chi connectivity index (χ4n) is 1.45. The smallest absolute Gasteiger partial charge is 0.0314 e. The third-order valence-electron chi connectivity index (χ3n) is 2.49. The largest absolute Gasteiger partial charge is 0.324 e. The van der Waals surface area contributed by atoms with Crippen LogP contribution in [0.1, 0.15) is 44.7 Å². The zero-order valence-electron chi connectivity index (χ0n) is 10.0. The standard InChI is InChI=1S/C13H20BrNS/c1-3-4-5-8-16-13-7-6-11(10(2)15)9-12(13)14/h6-7,9-10H,3-5,8,15H2,1-2H3. The molecule has 2 N–H and O–H groups in total. The summed E-state index contributed by atoms with van der Waals surface area (Å²) in [7, 11) is 0. The summed E-state index contributed by atoms with van der Waals surface area (Å²) < 4.78 is 1.17. The molecule has 1 aromatic carbocycles. The summed E-state index contributed by atoms with van der Waals surface area (Å²) in [6, 6.07) is 6.53. The van der Waals surface area contributed by atoms with Gasteiger partial charge in [-0.05, 0) is 52.7 Å². The Balaban J connectivity index is 2.54. The number of hydrogen-bond donors (Lipinski definition) is 1. The van der Waals surface area contributed by atoms with Crippen LogP contribution >= 0.6 is 27.7 Å². The molecule has 0 aromatic heterocycles. The van der Waals surface area contributed by atoms with E-state index in [-0.39, 0.29) is 6.04 Å². The Morgan fingerprint density at radius 2 is 2.12 bits per heavy atom. The summed E-state index contributed by atoms with van der Waals surface area (Å²) in [5, 5.41) is 0. The van der Waals surface area contributed by atoms with E-state index in [0.717, 1.165) is 0 Å². The minimum atomic E-state index is 0.107. The molecule has 0 heterocycles. The topological polar surface area (TPSA) is 26.0 Å². The molecule has 0 aliphatic carbocycles. The maximum absolute atomic E-state index is 5.84. The Morgan fingerprint density at radius 3 is 2.69 bits per heavy atom. The van der Waals surface area contributed by atoms with Crippen LogP contribution in [-0.2, 0) is 0 Å². The number of benzene rings is 1. The van der Waals surface area contributed by atoms with Crippen molar-refractivity contribution in [2.24, 2.45) is 5.73 Å². The predicted molar refractivity (Wildman–Crippen MR) is 77.0 cm³/mol. The fourth-order valence-corrected chi connectivity index (χ4v) is 3.12. The number of halogens is 1. The molecule has 3 heteroatoms. The lowest BCUT2D eigenvalue weighted by Gasteiger charge is -2.09. The van der Waals surface area contributed by atoms with E-state index >= 15 is 0 Å². The van der Waals surface area contributed by atoms with Gasteiger partial charge < -0.3 is 5.73 Å². The molecule has 1 rings (SSSR count). The van der Waals surface area contributed by atoms with E-state index in [0.29, 0.717) is 0 Å². The molecule has 16 heavy (non-hydrogen) atoms. The molecule has 1 unspecified atom stereocenters. The summed E-state index contributed by atoms with van der Waals surface area (Å²) in [4.78, 5) is 1.32. The van der Waals surface area contributed by atoms with Crippen molar-refractivity contribution < 1.29 is 0 Å². The SMILES string of the molecule is CCCCCSc1ccc(C(C)N)cc1Br. The van der Waals surface area contributed by atoms with Crippen LogP contribution < -0.4 is 5.73 Å². The van der Waals surface area contributed by atoms with Gasteiger partial charge in [0.05, 0.1) is 0 Å². The first-order chi connectivity index (χ1) is 7.65. The molecular weight excluding hydrogens is 282 g/mol. The highest BCUT2D eigenvalue weighted by Gasteiger charge is 2.04. The summed E-state index contributed by atoms with van der Waals surface area (Å²) in [6.07, 6.45) is 3.90. The highest BCUT2D eigenvalue weighted by Crippen LogP contribution is 2.30. The Bertz CT molecular complexity index is 326. The van der Waals surface area contributed by atoms with E-state index in [9.17, 15) is 0 Å². The first-order valence-corrected chi connectivity index (χ1v) is 7.60. The second-order valence-electron chi connectivity index (χ2n) is 4.03. The maximum Gasteiger partial charge on any atom is 0.0314 e. The lowest BCUT2D eigenvalue weighted by Crippen LogP contribution is -2.04. The van der Waals surface area contributed by atoms with E-state index in [4.69, 9.17) is 5.73 Å². The lowest BCUT2D eigenvalue weighted by atomic mass is 10.1. The second-order valence-corrected chi connectivity index (χ2v) is 6.03. The second kappa shape index (κ2) is 7.36. The van der Waals surface area contributed by atoms with Crippen LogP contribution in [0, 0.1) is 0 Å². The van der Waals surface area contributed by atoms with Gasteiger partial charge in [0.2, 0.25) is 0 Å². The van der Waals surface area contributed by atoms with E-state index in [1.54, 1.807) is 0 Å². The molecule has 0 spiro atoms. The average Bonchev–Trinajstić information content (AvgIpc) is 2.26. The first kappa shape index (κ1) is 14.1. The molecule has 1 atom stereocenters. The third-order valence-corrected chi connectivity index (χ3v) is 4.57. The summed E-state index contributed by atoms with van der Waals surface area (Å²) >= 11 is 5.53. The van der Waals surface area contributed by atoms with E-state index in [1.807, 2.05) is 18.7 Å². The number of hydrogen-bond acceptors (Lipinski definition) is 2. The van der Waals surface area contributed by atoms with Crippen molar-refractivity contribution in [2.75, 3.05) is 5.75 Å². The van der Waals surface area contributed by atoms with E-state index in [2.05, 4.69) is 41.1 Å². The van der Waals surface area contributed by atoms with Crippen LogP contribution in [0.2, 0.25) is 0 Å². The summed E-state index contributed by atoms with van der Waals surface area (Å²) in [5.74, 6) is 1.20. The van der Waals surface area contributed by atoms with Gasteiger partial charge in [-0.3, -0.25) is 0 Å². The molecule has 0 saturated carbocycles. The van der Waals surface area contributed by atoms with Gasteiger partial charge in [-0.25, -0.2) is 0 Å². The van der Waals surface area contributed by atoms with Crippen LogP contribution in [0.4, 0.5) is 0 Å². The van der Waals surface area contributed by atoms with Gasteiger partial charge >= 0.3 is 0 Å². The van der Waals surface area contributed by atoms with E-state index < -0.39 is 0 Å². The predicted octanol–water partition coefficient (Wildman–Crippen LogP) is 4.75. The molecule has 0 amide bonds. The Labute approximate surface area is 111 Å².